The zero-order valence-corrected chi connectivity index (χ0v) is 20.3. The quantitative estimate of drug-likeness (QED) is 0.437. The SMILES string of the molecule is CC.CC.CCOc1ccccc1C(C)C(=O)O.CCOc1ccccc1NCC(=O)O. The number of anilines is 1. The normalized spacial score (nSPS) is 9.84. The predicted octanol–water partition coefficient (Wildman–Crippen LogP) is 5.91. The summed E-state index contributed by atoms with van der Waals surface area (Å²) in [5, 5.41) is 20.1. The van der Waals surface area contributed by atoms with Gasteiger partial charge in [0.1, 0.15) is 18.0 Å². The fraction of sp³-hybridized carbons (Fsp3) is 0.440. The van der Waals surface area contributed by atoms with Crippen LogP contribution in [0.15, 0.2) is 48.5 Å². The number of hydrogen-bond acceptors (Lipinski definition) is 5. The molecule has 2 rings (SSSR count). The van der Waals surface area contributed by atoms with Crippen LogP contribution < -0.4 is 14.8 Å². The molecular formula is C25H39NO6. The molecule has 180 valence electrons. The van der Waals surface area contributed by atoms with Gasteiger partial charge in [-0.25, -0.2) is 0 Å². The molecule has 0 radical (unpaired) electrons. The molecule has 0 aromatic heterocycles. The van der Waals surface area contributed by atoms with Crippen LogP contribution in [-0.2, 0) is 9.59 Å². The van der Waals surface area contributed by atoms with Crippen LogP contribution in [0.4, 0.5) is 5.69 Å². The van der Waals surface area contributed by atoms with Gasteiger partial charge in [0.15, 0.2) is 0 Å². The van der Waals surface area contributed by atoms with Gasteiger partial charge in [0.05, 0.1) is 24.8 Å². The molecule has 0 spiro atoms. The summed E-state index contributed by atoms with van der Waals surface area (Å²) < 4.78 is 10.7. The van der Waals surface area contributed by atoms with E-state index in [2.05, 4.69) is 5.32 Å². The topological polar surface area (TPSA) is 105 Å². The molecule has 0 aliphatic carbocycles. The highest BCUT2D eigenvalue weighted by atomic mass is 16.5. The van der Waals surface area contributed by atoms with E-state index in [9.17, 15) is 9.59 Å². The molecule has 7 nitrogen and oxygen atoms in total. The van der Waals surface area contributed by atoms with E-state index in [4.69, 9.17) is 19.7 Å². The number of benzene rings is 2. The summed E-state index contributed by atoms with van der Waals surface area (Å²) in [4.78, 5) is 21.1. The molecule has 1 atom stereocenters. The Balaban J connectivity index is 0. The number of hydrogen-bond donors (Lipinski definition) is 3. The first-order valence-corrected chi connectivity index (χ1v) is 11.0. The Bertz CT molecular complexity index is 764. The lowest BCUT2D eigenvalue weighted by atomic mass is 10.0. The van der Waals surface area contributed by atoms with Gasteiger partial charge < -0.3 is 25.0 Å². The molecule has 0 heterocycles. The first kappa shape index (κ1) is 31.0. The second kappa shape index (κ2) is 19.7. The van der Waals surface area contributed by atoms with E-state index in [1.807, 2.05) is 65.8 Å². The molecule has 2 aromatic carbocycles. The van der Waals surface area contributed by atoms with Crippen LogP contribution >= 0.6 is 0 Å². The third-order valence-electron chi connectivity index (χ3n) is 3.67. The van der Waals surface area contributed by atoms with Gasteiger partial charge >= 0.3 is 11.9 Å². The fourth-order valence-corrected chi connectivity index (χ4v) is 2.32. The Labute approximate surface area is 192 Å². The van der Waals surface area contributed by atoms with Gasteiger partial charge in [0.25, 0.3) is 0 Å². The summed E-state index contributed by atoms with van der Waals surface area (Å²) in [5.74, 6) is -0.924. The smallest absolute Gasteiger partial charge is 0.322 e. The predicted molar refractivity (Wildman–Crippen MR) is 130 cm³/mol. The highest BCUT2D eigenvalue weighted by molar-refractivity contribution is 5.76. The number of nitrogens with one attached hydrogen (secondary N) is 1. The maximum atomic E-state index is 10.8. The number of carboxylic acids is 2. The third kappa shape index (κ3) is 12.5. The van der Waals surface area contributed by atoms with Crippen LogP contribution in [0.1, 0.15) is 59.9 Å². The highest BCUT2D eigenvalue weighted by Crippen LogP contribution is 2.26. The largest absolute Gasteiger partial charge is 0.494 e. The Morgan fingerprint density at radius 1 is 0.844 bits per heavy atom. The van der Waals surface area contributed by atoms with Crippen molar-refractivity contribution in [2.45, 2.75) is 54.4 Å². The Hall–Kier alpha value is -3.22. The van der Waals surface area contributed by atoms with Crippen LogP contribution in [0.3, 0.4) is 0 Å². The van der Waals surface area contributed by atoms with Crippen LogP contribution in [-0.4, -0.2) is 41.9 Å². The van der Waals surface area contributed by atoms with Gasteiger partial charge in [-0.15, -0.1) is 0 Å². The molecule has 0 amide bonds. The first-order valence-electron chi connectivity index (χ1n) is 11.0. The molecule has 0 saturated carbocycles. The minimum Gasteiger partial charge on any atom is -0.494 e. The molecule has 0 bridgehead atoms. The average molecular weight is 450 g/mol. The number of ether oxygens (including phenoxy) is 2. The van der Waals surface area contributed by atoms with Crippen LogP contribution in [0, 0.1) is 0 Å². The van der Waals surface area contributed by atoms with Gasteiger partial charge in [-0.3, -0.25) is 9.59 Å². The lowest BCUT2D eigenvalue weighted by Crippen LogP contribution is -2.13. The number of para-hydroxylation sites is 3. The van der Waals surface area contributed by atoms with E-state index in [-0.39, 0.29) is 6.54 Å². The molecule has 0 aliphatic rings. The highest BCUT2D eigenvalue weighted by Gasteiger charge is 2.17. The van der Waals surface area contributed by atoms with E-state index >= 15 is 0 Å². The van der Waals surface area contributed by atoms with Gasteiger partial charge in [0.2, 0.25) is 0 Å². The molecule has 32 heavy (non-hydrogen) atoms. The van der Waals surface area contributed by atoms with Crippen LogP contribution in [0.5, 0.6) is 11.5 Å². The van der Waals surface area contributed by atoms with Crippen molar-refractivity contribution in [3.8, 4) is 11.5 Å². The second-order valence-electron chi connectivity index (χ2n) is 5.71. The molecule has 2 aromatic rings. The molecular weight excluding hydrogens is 410 g/mol. The van der Waals surface area contributed by atoms with Gasteiger partial charge in [0, 0.05) is 5.56 Å². The van der Waals surface area contributed by atoms with Crippen LogP contribution in [0.25, 0.3) is 0 Å². The van der Waals surface area contributed by atoms with Crippen molar-refractivity contribution in [1.82, 2.24) is 0 Å². The standard InChI is InChI=1S/C11H14O3.C10H13NO3.2C2H6/c1-3-14-10-7-5-4-6-9(10)8(2)11(12)13;1-2-14-9-6-4-3-5-8(9)11-7-10(12)13;2*1-2/h4-8H,3H2,1-2H3,(H,12,13);3-6,11H,2,7H2,1H3,(H,12,13);2*1-2H3. The molecule has 0 fully saturated rings. The maximum absolute atomic E-state index is 10.8. The van der Waals surface area contributed by atoms with E-state index in [0.29, 0.717) is 30.4 Å². The first-order chi connectivity index (χ1) is 15.4. The number of carbonyl (C=O) groups is 2. The zero-order chi connectivity index (χ0) is 24.9. The minimum atomic E-state index is -0.892. The van der Waals surface area contributed by atoms with E-state index in [0.717, 1.165) is 5.56 Å². The van der Waals surface area contributed by atoms with E-state index in [1.165, 1.54) is 0 Å². The van der Waals surface area contributed by atoms with Crippen molar-refractivity contribution in [3.05, 3.63) is 54.1 Å². The lowest BCUT2D eigenvalue weighted by Gasteiger charge is -2.12. The van der Waals surface area contributed by atoms with Gasteiger partial charge in [-0.1, -0.05) is 58.0 Å². The second-order valence-corrected chi connectivity index (χ2v) is 5.71. The third-order valence-corrected chi connectivity index (χ3v) is 3.67. The summed E-state index contributed by atoms with van der Waals surface area (Å²) in [5.41, 5.74) is 1.43. The van der Waals surface area contributed by atoms with Crippen molar-refractivity contribution in [1.29, 1.82) is 0 Å². The average Bonchev–Trinajstić information content (AvgIpc) is 2.82. The summed E-state index contributed by atoms with van der Waals surface area (Å²) in [6.45, 7) is 14.4. The van der Waals surface area contributed by atoms with Crippen LogP contribution in [0.2, 0.25) is 0 Å². The fourth-order valence-electron chi connectivity index (χ4n) is 2.32. The van der Waals surface area contributed by atoms with E-state index < -0.39 is 17.9 Å². The Morgan fingerprint density at radius 2 is 1.31 bits per heavy atom. The summed E-state index contributed by atoms with van der Waals surface area (Å²) >= 11 is 0. The molecule has 1 unspecified atom stereocenters. The van der Waals surface area contributed by atoms with Gasteiger partial charge in [-0.2, -0.15) is 0 Å². The molecule has 7 heteroatoms. The molecule has 0 saturated heterocycles. The Kier molecular flexibility index (Phi) is 19.1. The molecule has 0 aliphatic heterocycles. The summed E-state index contributed by atoms with van der Waals surface area (Å²) in [6, 6.07) is 14.5. The van der Waals surface area contributed by atoms with Crippen molar-refractivity contribution < 1.29 is 29.3 Å². The maximum Gasteiger partial charge on any atom is 0.322 e. The number of aliphatic carboxylic acids is 2. The van der Waals surface area contributed by atoms with E-state index in [1.54, 1.807) is 31.2 Å². The van der Waals surface area contributed by atoms with Crippen molar-refractivity contribution in [3.63, 3.8) is 0 Å². The molecule has 3 N–H and O–H groups in total. The zero-order valence-electron chi connectivity index (χ0n) is 20.3. The lowest BCUT2D eigenvalue weighted by molar-refractivity contribution is -0.138. The number of carboxylic acid groups (broad SMARTS) is 2. The summed E-state index contributed by atoms with van der Waals surface area (Å²) in [7, 11) is 0. The van der Waals surface area contributed by atoms with Crippen molar-refractivity contribution in [2.75, 3.05) is 25.1 Å². The van der Waals surface area contributed by atoms with Crippen molar-refractivity contribution >= 4 is 17.6 Å². The van der Waals surface area contributed by atoms with Crippen molar-refractivity contribution in [2.24, 2.45) is 0 Å². The summed E-state index contributed by atoms with van der Waals surface area (Å²) in [6.07, 6.45) is 0. The minimum absolute atomic E-state index is 0.107. The number of rotatable bonds is 9. The monoisotopic (exact) mass is 449 g/mol. The van der Waals surface area contributed by atoms with Gasteiger partial charge in [-0.05, 0) is 39.0 Å². The Morgan fingerprint density at radius 3 is 1.81 bits per heavy atom.